The highest BCUT2D eigenvalue weighted by Gasteiger charge is 2.55. The van der Waals surface area contributed by atoms with Gasteiger partial charge >= 0.3 is 0 Å². The predicted octanol–water partition coefficient (Wildman–Crippen LogP) is 6.35. The first kappa shape index (κ1) is 19.1. The number of likely N-dealkylation sites (tertiary alicyclic amines) is 1. The van der Waals surface area contributed by atoms with Crippen LogP contribution in [-0.4, -0.2) is 25.1 Å². The Balaban J connectivity index is 1.30. The molecule has 31 heavy (non-hydrogen) atoms. The molecule has 3 aromatic carbocycles. The molecule has 0 unspecified atom stereocenters. The Hall–Kier alpha value is -2.58. The van der Waals surface area contributed by atoms with Crippen molar-refractivity contribution in [1.82, 2.24) is 4.90 Å². The Kier molecular flexibility index (Phi) is 4.65. The van der Waals surface area contributed by atoms with Crippen LogP contribution < -0.4 is 4.74 Å². The molecule has 7 rings (SSSR count). The van der Waals surface area contributed by atoms with E-state index in [1.54, 1.807) is 18.2 Å². The first-order valence-corrected chi connectivity index (χ1v) is 11.7. The molecule has 0 N–H and O–H groups in total. The summed E-state index contributed by atoms with van der Waals surface area (Å²) in [5.41, 5.74) is 6.63. The summed E-state index contributed by atoms with van der Waals surface area (Å²) in [6.45, 7) is 3.56. The van der Waals surface area contributed by atoms with Crippen LogP contribution in [0.15, 0.2) is 78.9 Å². The fourth-order valence-electron chi connectivity index (χ4n) is 6.97. The van der Waals surface area contributed by atoms with Gasteiger partial charge in [0.25, 0.3) is 0 Å². The van der Waals surface area contributed by atoms with Crippen molar-refractivity contribution < 1.29 is 4.74 Å². The maximum Gasteiger partial charge on any atom is 0.118 e. The molecule has 4 aliphatic rings. The van der Waals surface area contributed by atoms with E-state index in [0.29, 0.717) is 23.2 Å². The highest BCUT2D eigenvalue weighted by molar-refractivity contribution is 5.46. The Morgan fingerprint density at radius 1 is 0.871 bits per heavy atom. The van der Waals surface area contributed by atoms with Gasteiger partial charge in [0, 0.05) is 13.1 Å². The Morgan fingerprint density at radius 2 is 1.61 bits per heavy atom. The van der Waals surface area contributed by atoms with Crippen LogP contribution in [0.1, 0.15) is 59.3 Å². The van der Waals surface area contributed by atoms with E-state index in [-0.39, 0.29) is 0 Å². The average Bonchev–Trinajstić information content (AvgIpc) is 3.22. The molecule has 2 nitrogen and oxygen atoms in total. The SMILES string of the molecule is COc1ccc([C@@H]2C[C@@H]3c4ccccc4[C@H]2C[C@]32CCN(Cc3ccccc3)C2)cc1. The molecule has 1 saturated carbocycles. The van der Waals surface area contributed by atoms with Crippen LogP contribution in [0.2, 0.25) is 0 Å². The second kappa shape index (κ2) is 7.53. The summed E-state index contributed by atoms with van der Waals surface area (Å²) in [6, 6.07) is 29.2. The van der Waals surface area contributed by atoms with Gasteiger partial charge in [-0.05, 0) is 83.4 Å². The van der Waals surface area contributed by atoms with Crippen molar-refractivity contribution in [2.24, 2.45) is 5.41 Å². The molecule has 0 aromatic heterocycles. The topological polar surface area (TPSA) is 12.5 Å². The molecular formula is C29H31NO. The zero-order valence-electron chi connectivity index (χ0n) is 18.3. The van der Waals surface area contributed by atoms with Gasteiger partial charge in [-0.25, -0.2) is 0 Å². The van der Waals surface area contributed by atoms with Gasteiger partial charge in [0.2, 0.25) is 0 Å². The molecule has 1 saturated heterocycles. The lowest BCUT2D eigenvalue weighted by atomic mass is 9.49. The maximum atomic E-state index is 5.41. The molecule has 2 heteroatoms. The summed E-state index contributed by atoms with van der Waals surface area (Å²) < 4.78 is 5.41. The Labute approximate surface area is 185 Å². The minimum absolute atomic E-state index is 0.441. The molecule has 2 fully saturated rings. The smallest absolute Gasteiger partial charge is 0.118 e. The molecule has 3 aliphatic carbocycles. The predicted molar refractivity (Wildman–Crippen MR) is 126 cm³/mol. The van der Waals surface area contributed by atoms with Crippen LogP contribution in [0, 0.1) is 5.41 Å². The van der Waals surface area contributed by atoms with Gasteiger partial charge in [0.15, 0.2) is 0 Å². The summed E-state index contributed by atoms with van der Waals surface area (Å²) in [7, 11) is 1.75. The Bertz CT molecular complexity index is 1060. The lowest BCUT2D eigenvalue weighted by Gasteiger charge is -2.54. The van der Waals surface area contributed by atoms with Crippen molar-refractivity contribution in [1.29, 1.82) is 0 Å². The number of rotatable bonds is 4. The zero-order chi connectivity index (χ0) is 20.8. The standard InChI is InChI=1S/C29H31NO/c1-31-23-13-11-22(12-14-23)26-17-28-25-10-6-5-9-24(25)27(26)18-29(28)15-16-30(20-29)19-21-7-3-2-4-8-21/h2-14,26-28H,15-20H2,1H3/t26-,27+,28+,29-/m0/s1. The normalized spacial score (nSPS) is 29.3. The van der Waals surface area contributed by atoms with E-state index in [2.05, 4.69) is 83.8 Å². The van der Waals surface area contributed by atoms with E-state index >= 15 is 0 Å². The molecule has 0 amide bonds. The van der Waals surface area contributed by atoms with Gasteiger partial charge in [-0.2, -0.15) is 0 Å². The number of fused-ring (bicyclic) bond motifs is 1. The summed E-state index contributed by atoms with van der Waals surface area (Å²) >= 11 is 0. The molecular weight excluding hydrogens is 378 g/mol. The van der Waals surface area contributed by atoms with Gasteiger partial charge in [-0.3, -0.25) is 4.90 Å². The largest absolute Gasteiger partial charge is 0.497 e. The quantitative estimate of drug-likeness (QED) is 0.498. The van der Waals surface area contributed by atoms with Crippen molar-refractivity contribution in [3.8, 4) is 5.75 Å². The second-order valence-electron chi connectivity index (χ2n) is 9.92. The average molecular weight is 410 g/mol. The monoisotopic (exact) mass is 409 g/mol. The summed E-state index contributed by atoms with van der Waals surface area (Å²) in [6.07, 6.45) is 3.95. The zero-order valence-corrected chi connectivity index (χ0v) is 18.3. The van der Waals surface area contributed by atoms with Gasteiger partial charge in [-0.15, -0.1) is 0 Å². The molecule has 0 radical (unpaired) electrons. The number of ether oxygens (including phenoxy) is 1. The molecule has 1 heterocycles. The molecule has 158 valence electrons. The van der Waals surface area contributed by atoms with Crippen LogP contribution >= 0.6 is 0 Å². The van der Waals surface area contributed by atoms with Crippen molar-refractivity contribution in [2.75, 3.05) is 20.2 Å². The number of benzene rings is 3. The highest BCUT2D eigenvalue weighted by Crippen LogP contribution is 2.65. The number of nitrogens with zero attached hydrogens (tertiary/aromatic N) is 1. The van der Waals surface area contributed by atoms with Crippen molar-refractivity contribution in [3.05, 3.63) is 101 Å². The number of methoxy groups -OCH3 is 1. The van der Waals surface area contributed by atoms with Crippen LogP contribution in [0.25, 0.3) is 0 Å². The summed E-state index contributed by atoms with van der Waals surface area (Å²) in [4.78, 5) is 2.71. The number of hydrogen-bond acceptors (Lipinski definition) is 2. The van der Waals surface area contributed by atoms with Crippen LogP contribution in [0.5, 0.6) is 5.75 Å². The molecule has 3 aromatic rings. The first-order chi connectivity index (χ1) is 15.3. The van der Waals surface area contributed by atoms with Gasteiger partial charge in [-0.1, -0.05) is 66.7 Å². The van der Waals surface area contributed by atoms with Gasteiger partial charge in [0.05, 0.1) is 7.11 Å². The summed E-state index contributed by atoms with van der Waals surface area (Å²) in [5, 5.41) is 0. The van der Waals surface area contributed by atoms with E-state index < -0.39 is 0 Å². The van der Waals surface area contributed by atoms with E-state index in [1.807, 2.05) is 0 Å². The van der Waals surface area contributed by atoms with Crippen molar-refractivity contribution >= 4 is 0 Å². The van der Waals surface area contributed by atoms with Gasteiger partial charge < -0.3 is 4.74 Å². The van der Waals surface area contributed by atoms with E-state index in [1.165, 1.54) is 43.5 Å². The molecule has 4 atom stereocenters. The lowest BCUT2D eigenvalue weighted by Crippen LogP contribution is -2.44. The fraction of sp³-hybridized carbons (Fsp3) is 0.379. The minimum Gasteiger partial charge on any atom is -0.497 e. The third-order valence-electron chi connectivity index (χ3n) is 8.37. The van der Waals surface area contributed by atoms with E-state index in [9.17, 15) is 0 Å². The maximum absolute atomic E-state index is 5.41. The number of hydrogen-bond donors (Lipinski definition) is 0. The van der Waals surface area contributed by atoms with E-state index in [4.69, 9.17) is 4.74 Å². The fourth-order valence-corrected chi connectivity index (χ4v) is 6.97. The van der Waals surface area contributed by atoms with Gasteiger partial charge in [0.1, 0.15) is 5.75 Å². The minimum atomic E-state index is 0.441. The third-order valence-corrected chi connectivity index (χ3v) is 8.37. The molecule has 2 bridgehead atoms. The van der Waals surface area contributed by atoms with Crippen LogP contribution in [-0.2, 0) is 6.54 Å². The lowest BCUT2D eigenvalue weighted by molar-refractivity contribution is 0.101. The first-order valence-electron chi connectivity index (χ1n) is 11.7. The Morgan fingerprint density at radius 3 is 2.39 bits per heavy atom. The van der Waals surface area contributed by atoms with Crippen molar-refractivity contribution in [3.63, 3.8) is 0 Å². The van der Waals surface area contributed by atoms with Crippen molar-refractivity contribution in [2.45, 2.75) is 43.6 Å². The third kappa shape index (κ3) is 3.20. The van der Waals surface area contributed by atoms with E-state index in [0.717, 1.165) is 12.3 Å². The summed E-state index contributed by atoms with van der Waals surface area (Å²) in [5.74, 6) is 2.88. The molecule has 1 aliphatic heterocycles. The molecule has 1 spiro atoms. The highest BCUT2D eigenvalue weighted by atomic mass is 16.5. The second-order valence-corrected chi connectivity index (χ2v) is 9.92. The van der Waals surface area contributed by atoms with Crippen LogP contribution in [0.4, 0.5) is 0 Å². The van der Waals surface area contributed by atoms with Crippen LogP contribution in [0.3, 0.4) is 0 Å².